The summed E-state index contributed by atoms with van der Waals surface area (Å²) in [7, 11) is 0. The zero-order chi connectivity index (χ0) is 19.3. The molecule has 2 aromatic carbocycles. The van der Waals surface area contributed by atoms with Gasteiger partial charge in [0.05, 0.1) is 11.6 Å². The van der Waals surface area contributed by atoms with Gasteiger partial charge < -0.3 is 20.1 Å². The number of hydrogen-bond donors (Lipinski definition) is 2. The van der Waals surface area contributed by atoms with Crippen LogP contribution in [0.4, 0.5) is 11.5 Å². The molecule has 0 aliphatic carbocycles. The van der Waals surface area contributed by atoms with E-state index in [1.54, 1.807) is 6.20 Å². The number of hydrogen-bond acceptors (Lipinski definition) is 5. The van der Waals surface area contributed by atoms with E-state index in [1.165, 1.54) is 0 Å². The van der Waals surface area contributed by atoms with E-state index in [-0.39, 0.29) is 12.6 Å². The van der Waals surface area contributed by atoms with Gasteiger partial charge in [0.2, 0.25) is 0 Å². The van der Waals surface area contributed by atoms with E-state index in [0.29, 0.717) is 16.6 Å². The Kier molecular flexibility index (Phi) is 5.65. The average Bonchev–Trinajstić information content (AvgIpc) is 3.19. The van der Waals surface area contributed by atoms with Crippen molar-refractivity contribution in [2.24, 2.45) is 0 Å². The molecule has 6 heteroatoms. The first-order valence-corrected chi connectivity index (χ1v) is 9.69. The minimum Gasteiger partial charge on any atom is -0.457 e. The van der Waals surface area contributed by atoms with E-state index in [1.807, 2.05) is 60.7 Å². The van der Waals surface area contributed by atoms with Crippen molar-refractivity contribution >= 4 is 23.1 Å². The number of ether oxygens (including phenoxy) is 1. The number of para-hydroxylation sites is 1. The Morgan fingerprint density at radius 3 is 2.75 bits per heavy atom. The molecule has 0 spiro atoms. The third-order valence-electron chi connectivity index (χ3n) is 4.83. The summed E-state index contributed by atoms with van der Waals surface area (Å²) < 4.78 is 5.89. The Morgan fingerprint density at radius 1 is 1.11 bits per heavy atom. The van der Waals surface area contributed by atoms with Gasteiger partial charge in [-0.15, -0.1) is 0 Å². The lowest BCUT2D eigenvalue weighted by Gasteiger charge is -2.22. The first kappa shape index (κ1) is 18.6. The van der Waals surface area contributed by atoms with Gasteiger partial charge >= 0.3 is 0 Å². The van der Waals surface area contributed by atoms with Crippen molar-refractivity contribution in [3.8, 4) is 11.5 Å². The second-order valence-electron chi connectivity index (χ2n) is 6.77. The zero-order valence-corrected chi connectivity index (χ0v) is 16.1. The highest BCUT2D eigenvalue weighted by atomic mass is 35.5. The second-order valence-corrected chi connectivity index (χ2v) is 7.18. The summed E-state index contributed by atoms with van der Waals surface area (Å²) >= 11 is 6.20. The van der Waals surface area contributed by atoms with Crippen molar-refractivity contribution in [2.75, 3.05) is 23.3 Å². The predicted octanol–water partition coefficient (Wildman–Crippen LogP) is 4.71. The molecule has 3 aromatic rings. The maximum atomic E-state index is 9.88. The van der Waals surface area contributed by atoms with Crippen LogP contribution >= 0.6 is 11.6 Å². The molecule has 144 valence electrons. The van der Waals surface area contributed by atoms with Crippen LogP contribution in [0.25, 0.3) is 0 Å². The number of nitrogens with zero attached hydrogens (tertiary/aromatic N) is 2. The fraction of sp³-hybridized carbons (Fsp3) is 0.227. The zero-order valence-electron chi connectivity index (χ0n) is 15.4. The fourth-order valence-corrected chi connectivity index (χ4v) is 3.64. The van der Waals surface area contributed by atoms with Crippen LogP contribution in [-0.2, 0) is 6.61 Å². The molecular formula is C22H22ClN3O2. The maximum Gasteiger partial charge on any atom is 0.145 e. The van der Waals surface area contributed by atoms with Crippen LogP contribution in [0, 0.1) is 0 Å². The standard InChI is InChI=1S/C22H22ClN3O2/c23-20-7-4-11-24-22(20)25-17-10-12-26(14-17)21-9-8-19(13-16(21)15-27)28-18-5-2-1-3-6-18/h1-9,11,13,17,27H,10,12,14-15H2,(H,24,25). The minimum absolute atomic E-state index is 0.0397. The van der Waals surface area contributed by atoms with Crippen LogP contribution in [0.5, 0.6) is 11.5 Å². The molecule has 1 unspecified atom stereocenters. The fourth-order valence-electron chi connectivity index (χ4n) is 3.47. The van der Waals surface area contributed by atoms with Gasteiger partial charge in [0.1, 0.15) is 17.3 Å². The number of benzene rings is 2. The number of halogens is 1. The van der Waals surface area contributed by atoms with Crippen LogP contribution in [-0.4, -0.2) is 29.2 Å². The van der Waals surface area contributed by atoms with E-state index in [9.17, 15) is 5.11 Å². The van der Waals surface area contributed by atoms with E-state index in [0.717, 1.165) is 36.5 Å². The van der Waals surface area contributed by atoms with Crippen molar-refractivity contribution < 1.29 is 9.84 Å². The van der Waals surface area contributed by atoms with Gasteiger partial charge in [-0.05, 0) is 48.9 Å². The number of pyridine rings is 1. The quantitative estimate of drug-likeness (QED) is 0.633. The Morgan fingerprint density at radius 2 is 1.96 bits per heavy atom. The Labute approximate surface area is 169 Å². The highest BCUT2D eigenvalue weighted by molar-refractivity contribution is 6.32. The summed E-state index contributed by atoms with van der Waals surface area (Å²) in [6, 6.07) is 19.4. The molecule has 2 heterocycles. The topological polar surface area (TPSA) is 57.6 Å². The van der Waals surface area contributed by atoms with Gasteiger partial charge in [0, 0.05) is 36.6 Å². The van der Waals surface area contributed by atoms with E-state index >= 15 is 0 Å². The summed E-state index contributed by atoms with van der Waals surface area (Å²) in [6.45, 7) is 1.68. The smallest absolute Gasteiger partial charge is 0.145 e. The molecule has 0 bridgehead atoms. The van der Waals surface area contributed by atoms with Gasteiger partial charge in [-0.3, -0.25) is 0 Å². The number of rotatable bonds is 6. The number of aliphatic hydroxyl groups excluding tert-OH is 1. The number of anilines is 2. The summed E-state index contributed by atoms with van der Waals surface area (Å²) in [5.74, 6) is 2.20. The molecule has 1 aliphatic rings. The Balaban J connectivity index is 1.46. The Hall–Kier alpha value is -2.76. The monoisotopic (exact) mass is 395 g/mol. The van der Waals surface area contributed by atoms with Gasteiger partial charge in [-0.2, -0.15) is 0 Å². The highest BCUT2D eigenvalue weighted by Gasteiger charge is 2.25. The Bertz CT molecular complexity index is 936. The minimum atomic E-state index is -0.0397. The predicted molar refractivity (Wildman–Crippen MR) is 112 cm³/mol. The molecule has 1 aromatic heterocycles. The lowest BCUT2D eigenvalue weighted by atomic mass is 10.1. The first-order valence-electron chi connectivity index (χ1n) is 9.31. The summed E-state index contributed by atoms with van der Waals surface area (Å²) in [6.07, 6.45) is 2.70. The summed E-state index contributed by atoms with van der Waals surface area (Å²) in [4.78, 5) is 6.58. The normalized spacial score (nSPS) is 16.2. The van der Waals surface area contributed by atoms with Gasteiger partial charge in [0.15, 0.2) is 0 Å². The van der Waals surface area contributed by atoms with Crippen LogP contribution in [0.1, 0.15) is 12.0 Å². The van der Waals surface area contributed by atoms with Crippen LogP contribution in [0.3, 0.4) is 0 Å². The van der Waals surface area contributed by atoms with Crippen molar-refractivity contribution in [1.82, 2.24) is 4.98 Å². The largest absolute Gasteiger partial charge is 0.457 e. The van der Waals surface area contributed by atoms with Crippen molar-refractivity contribution in [1.29, 1.82) is 0 Å². The molecule has 1 saturated heterocycles. The van der Waals surface area contributed by atoms with Gasteiger partial charge in [0.25, 0.3) is 0 Å². The van der Waals surface area contributed by atoms with Gasteiger partial charge in [-0.1, -0.05) is 29.8 Å². The molecule has 1 fully saturated rings. The van der Waals surface area contributed by atoms with Gasteiger partial charge in [-0.25, -0.2) is 4.98 Å². The number of nitrogens with one attached hydrogen (secondary N) is 1. The molecule has 0 radical (unpaired) electrons. The third kappa shape index (κ3) is 4.21. The van der Waals surface area contributed by atoms with Crippen molar-refractivity contribution in [3.63, 3.8) is 0 Å². The van der Waals surface area contributed by atoms with Crippen LogP contribution < -0.4 is 15.0 Å². The third-order valence-corrected chi connectivity index (χ3v) is 5.13. The van der Waals surface area contributed by atoms with Crippen LogP contribution in [0.2, 0.25) is 5.02 Å². The maximum absolute atomic E-state index is 9.88. The lowest BCUT2D eigenvalue weighted by molar-refractivity contribution is 0.281. The number of aliphatic hydroxyl groups is 1. The van der Waals surface area contributed by atoms with E-state index < -0.39 is 0 Å². The van der Waals surface area contributed by atoms with Crippen molar-refractivity contribution in [3.05, 3.63) is 77.4 Å². The molecule has 0 saturated carbocycles. The lowest BCUT2D eigenvalue weighted by Crippen LogP contribution is -2.27. The summed E-state index contributed by atoms with van der Waals surface area (Å²) in [5.41, 5.74) is 1.88. The molecule has 5 nitrogen and oxygen atoms in total. The second kappa shape index (κ2) is 8.50. The average molecular weight is 396 g/mol. The SMILES string of the molecule is OCc1cc(Oc2ccccc2)ccc1N1CCC(Nc2ncccc2Cl)C1. The number of aromatic nitrogens is 1. The van der Waals surface area contributed by atoms with Crippen LogP contribution in [0.15, 0.2) is 66.9 Å². The molecule has 28 heavy (non-hydrogen) atoms. The van der Waals surface area contributed by atoms with E-state index in [4.69, 9.17) is 16.3 Å². The molecule has 1 aliphatic heterocycles. The molecule has 4 rings (SSSR count). The molecule has 2 N–H and O–H groups in total. The highest BCUT2D eigenvalue weighted by Crippen LogP contribution is 2.31. The first-order chi connectivity index (χ1) is 13.7. The molecule has 1 atom stereocenters. The molecule has 0 amide bonds. The van der Waals surface area contributed by atoms with E-state index in [2.05, 4.69) is 15.2 Å². The summed E-state index contributed by atoms with van der Waals surface area (Å²) in [5, 5.41) is 13.9. The molecular weight excluding hydrogens is 374 g/mol. The van der Waals surface area contributed by atoms with Crippen molar-refractivity contribution in [2.45, 2.75) is 19.1 Å².